The number of ether oxygens (including phenoxy) is 1. The molecule has 0 aliphatic carbocycles. The highest BCUT2D eigenvalue weighted by Gasteiger charge is 2.29. The van der Waals surface area contributed by atoms with E-state index in [4.69, 9.17) is 4.74 Å². The lowest BCUT2D eigenvalue weighted by Gasteiger charge is -2.38. The maximum absolute atomic E-state index is 13.2. The van der Waals surface area contributed by atoms with Gasteiger partial charge in [0.1, 0.15) is 11.6 Å². The van der Waals surface area contributed by atoms with Crippen molar-refractivity contribution in [2.75, 3.05) is 6.54 Å². The minimum absolute atomic E-state index is 0.0895. The van der Waals surface area contributed by atoms with E-state index in [-0.39, 0.29) is 17.8 Å². The summed E-state index contributed by atoms with van der Waals surface area (Å²) in [6.45, 7) is 6.01. The average molecular weight is 509 g/mol. The van der Waals surface area contributed by atoms with Crippen molar-refractivity contribution in [3.05, 3.63) is 136 Å². The Labute approximate surface area is 224 Å². The van der Waals surface area contributed by atoms with Crippen molar-refractivity contribution in [1.82, 2.24) is 10.2 Å². The number of carbonyl (C=O) groups excluding carboxylic acids is 1. The predicted molar refractivity (Wildman–Crippen MR) is 148 cm³/mol. The van der Waals surface area contributed by atoms with Gasteiger partial charge in [-0.05, 0) is 72.4 Å². The van der Waals surface area contributed by atoms with Crippen molar-refractivity contribution in [2.24, 2.45) is 0 Å². The van der Waals surface area contributed by atoms with Crippen LogP contribution in [0.5, 0.6) is 5.75 Å². The molecular weight excluding hydrogens is 475 g/mol. The fourth-order valence-corrected chi connectivity index (χ4v) is 5.15. The third kappa shape index (κ3) is 6.12. The predicted octanol–water partition coefficient (Wildman–Crippen LogP) is 6.37. The summed E-state index contributed by atoms with van der Waals surface area (Å²) < 4.78 is 19.3. The number of fused-ring (bicyclic) bond motifs is 1. The molecule has 1 amide bonds. The van der Waals surface area contributed by atoms with Gasteiger partial charge in [-0.2, -0.15) is 0 Å². The third-order valence-electron chi connectivity index (χ3n) is 7.09. The fraction of sp³-hybridized carbons (Fsp3) is 0.242. The lowest BCUT2D eigenvalue weighted by atomic mass is 9.87. The first-order chi connectivity index (χ1) is 18.5. The number of hydrogen-bond donors (Lipinski definition) is 1. The Hall–Kier alpha value is -3.96. The van der Waals surface area contributed by atoms with E-state index in [2.05, 4.69) is 77.8 Å². The molecule has 0 radical (unpaired) electrons. The maximum atomic E-state index is 13.2. The summed E-state index contributed by atoms with van der Waals surface area (Å²) in [6, 6.07) is 31.7. The molecule has 5 heteroatoms. The molecule has 4 nitrogen and oxygen atoms in total. The molecule has 0 aromatic heterocycles. The van der Waals surface area contributed by atoms with Crippen molar-refractivity contribution in [3.63, 3.8) is 0 Å². The molecule has 0 unspecified atom stereocenters. The van der Waals surface area contributed by atoms with Crippen LogP contribution in [0.25, 0.3) is 0 Å². The third-order valence-corrected chi connectivity index (χ3v) is 7.09. The van der Waals surface area contributed by atoms with Gasteiger partial charge < -0.3 is 10.1 Å². The molecule has 38 heavy (non-hydrogen) atoms. The first kappa shape index (κ1) is 25.7. The molecular formula is C33H33FN2O2. The van der Waals surface area contributed by atoms with Crippen LogP contribution in [-0.4, -0.2) is 23.5 Å². The van der Waals surface area contributed by atoms with Gasteiger partial charge in [0.2, 0.25) is 0 Å². The molecule has 1 heterocycles. The number of nitrogens with zero attached hydrogens (tertiary/aromatic N) is 1. The number of aryl methyl sites for hydroxylation is 1. The Kier molecular flexibility index (Phi) is 7.85. The van der Waals surface area contributed by atoms with Crippen molar-refractivity contribution >= 4 is 5.91 Å². The molecule has 2 atom stereocenters. The SMILES string of the molecule is Cc1cccc(CN2CCc3ccc(O[C@@H](C)C(=O)NCc4ccc(F)cc4)cc3[C@H]2c2ccccc2)c1. The van der Waals surface area contributed by atoms with Gasteiger partial charge in [0.25, 0.3) is 5.91 Å². The van der Waals surface area contributed by atoms with Crippen molar-refractivity contribution < 1.29 is 13.9 Å². The molecule has 0 fully saturated rings. The van der Waals surface area contributed by atoms with E-state index >= 15 is 0 Å². The normalized spacial score (nSPS) is 15.9. The minimum Gasteiger partial charge on any atom is -0.481 e. The van der Waals surface area contributed by atoms with Crippen molar-refractivity contribution in [3.8, 4) is 5.75 Å². The van der Waals surface area contributed by atoms with E-state index in [1.165, 1.54) is 39.9 Å². The van der Waals surface area contributed by atoms with E-state index in [1.807, 2.05) is 12.1 Å². The number of carbonyl (C=O) groups is 1. The van der Waals surface area contributed by atoms with Crippen LogP contribution in [0.15, 0.2) is 97.1 Å². The summed E-state index contributed by atoms with van der Waals surface area (Å²) in [5.74, 6) is 0.162. The summed E-state index contributed by atoms with van der Waals surface area (Å²) in [6.07, 6.45) is 0.286. The van der Waals surface area contributed by atoms with Crippen LogP contribution in [0.4, 0.5) is 4.39 Å². The van der Waals surface area contributed by atoms with E-state index in [0.717, 1.165) is 25.1 Å². The molecule has 1 aliphatic rings. The lowest BCUT2D eigenvalue weighted by Crippen LogP contribution is -2.37. The molecule has 0 saturated carbocycles. The van der Waals surface area contributed by atoms with Crippen molar-refractivity contribution in [1.29, 1.82) is 0 Å². The first-order valence-corrected chi connectivity index (χ1v) is 13.1. The van der Waals surface area contributed by atoms with Gasteiger partial charge in [-0.3, -0.25) is 9.69 Å². The summed E-state index contributed by atoms with van der Waals surface area (Å²) >= 11 is 0. The van der Waals surface area contributed by atoms with Crippen LogP contribution >= 0.6 is 0 Å². The molecule has 0 saturated heterocycles. The molecule has 4 aromatic rings. The van der Waals surface area contributed by atoms with Gasteiger partial charge in [0.05, 0.1) is 6.04 Å². The molecule has 1 N–H and O–H groups in total. The molecule has 0 spiro atoms. The molecule has 194 valence electrons. The second kappa shape index (κ2) is 11.6. The Morgan fingerprint density at radius 1 is 0.974 bits per heavy atom. The molecule has 0 bridgehead atoms. The molecule has 5 rings (SSSR count). The smallest absolute Gasteiger partial charge is 0.261 e. The summed E-state index contributed by atoms with van der Waals surface area (Å²) in [5.41, 5.74) is 7.15. The standard InChI is InChI=1S/C33H33FN2O2/c1-23-7-6-8-26(19-23)22-36-18-17-27-13-16-30(20-31(27)32(36)28-9-4-3-5-10-28)38-24(2)33(37)35-21-25-11-14-29(34)15-12-25/h3-16,19-20,24,32H,17-18,21-22H2,1-2H3,(H,35,37)/t24-,32+/m0/s1. The highest BCUT2D eigenvalue weighted by Crippen LogP contribution is 2.38. The second-order valence-corrected chi connectivity index (χ2v) is 9.99. The van der Waals surface area contributed by atoms with E-state index in [9.17, 15) is 9.18 Å². The summed E-state index contributed by atoms with van der Waals surface area (Å²) in [7, 11) is 0. The number of amides is 1. The number of rotatable bonds is 8. The number of halogens is 1. The number of hydrogen-bond acceptors (Lipinski definition) is 3. The molecule has 1 aliphatic heterocycles. The molecule has 4 aromatic carbocycles. The lowest BCUT2D eigenvalue weighted by molar-refractivity contribution is -0.127. The van der Waals surface area contributed by atoms with E-state index in [0.29, 0.717) is 12.3 Å². The Balaban J connectivity index is 1.35. The average Bonchev–Trinajstić information content (AvgIpc) is 2.93. The Bertz CT molecular complexity index is 1390. The summed E-state index contributed by atoms with van der Waals surface area (Å²) in [5, 5.41) is 2.88. The van der Waals surface area contributed by atoms with Gasteiger partial charge in [0, 0.05) is 19.6 Å². The van der Waals surface area contributed by atoms with E-state index in [1.54, 1.807) is 19.1 Å². The zero-order chi connectivity index (χ0) is 26.5. The Morgan fingerprint density at radius 2 is 1.76 bits per heavy atom. The van der Waals surface area contributed by atoms with Crippen LogP contribution < -0.4 is 10.1 Å². The van der Waals surface area contributed by atoms with Crippen LogP contribution in [0.3, 0.4) is 0 Å². The van der Waals surface area contributed by atoms with E-state index < -0.39 is 6.10 Å². The second-order valence-electron chi connectivity index (χ2n) is 9.99. The zero-order valence-corrected chi connectivity index (χ0v) is 21.9. The van der Waals surface area contributed by atoms with Crippen LogP contribution in [0.2, 0.25) is 0 Å². The fourth-order valence-electron chi connectivity index (χ4n) is 5.15. The van der Waals surface area contributed by atoms with Gasteiger partial charge in [-0.1, -0.05) is 78.4 Å². The topological polar surface area (TPSA) is 41.6 Å². The first-order valence-electron chi connectivity index (χ1n) is 13.1. The monoisotopic (exact) mass is 508 g/mol. The summed E-state index contributed by atoms with van der Waals surface area (Å²) in [4.78, 5) is 15.2. The van der Waals surface area contributed by atoms with Gasteiger partial charge in [0.15, 0.2) is 6.10 Å². The minimum atomic E-state index is -0.671. The highest BCUT2D eigenvalue weighted by atomic mass is 19.1. The largest absolute Gasteiger partial charge is 0.481 e. The van der Waals surface area contributed by atoms with Gasteiger partial charge >= 0.3 is 0 Å². The van der Waals surface area contributed by atoms with Crippen LogP contribution in [0, 0.1) is 12.7 Å². The quantitative estimate of drug-likeness (QED) is 0.301. The number of benzene rings is 4. The highest BCUT2D eigenvalue weighted by molar-refractivity contribution is 5.80. The van der Waals surface area contributed by atoms with Crippen LogP contribution in [0.1, 0.15) is 46.3 Å². The van der Waals surface area contributed by atoms with Crippen LogP contribution in [-0.2, 0) is 24.3 Å². The van der Waals surface area contributed by atoms with Gasteiger partial charge in [-0.25, -0.2) is 4.39 Å². The number of nitrogens with one attached hydrogen (secondary N) is 1. The van der Waals surface area contributed by atoms with Crippen molar-refractivity contribution in [2.45, 2.75) is 45.5 Å². The zero-order valence-electron chi connectivity index (χ0n) is 21.9. The van der Waals surface area contributed by atoms with Gasteiger partial charge in [-0.15, -0.1) is 0 Å². The Morgan fingerprint density at radius 3 is 2.53 bits per heavy atom. The maximum Gasteiger partial charge on any atom is 0.261 e.